The molecule has 2 heterocycles. The second kappa shape index (κ2) is 7.01. The summed E-state index contributed by atoms with van der Waals surface area (Å²) in [4.78, 5) is 13.9. The number of aliphatic hydroxyl groups excluding tert-OH is 1. The Labute approximate surface area is 113 Å². The molecular weight excluding hydrogens is 240 g/mol. The number of imidazole rings is 1. The fourth-order valence-corrected chi connectivity index (χ4v) is 2.09. The highest BCUT2D eigenvalue weighted by molar-refractivity contribution is 5.04. The van der Waals surface area contributed by atoms with Crippen molar-refractivity contribution in [1.82, 2.24) is 19.9 Å². The monoisotopic (exact) mass is 260 g/mol. The van der Waals surface area contributed by atoms with Gasteiger partial charge in [0.1, 0.15) is 5.82 Å². The summed E-state index contributed by atoms with van der Waals surface area (Å²) in [6.07, 6.45) is 6.24. The minimum absolute atomic E-state index is 0.118. The largest absolute Gasteiger partial charge is 0.395 e. The van der Waals surface area contributed by atoms with Crippen LogP contribution in [0.5, 0.6) is 0 Å². The first-order valence-corrected chi connectivity index (χ1v) is 6.56. The van der Waals surface area contributed by atoms with Gasteiger partial charge in [-0.1, -0.05) is 13.0 Å². The fraction of sp³-hybridized carbons (Fsp3) is 0.429. The minimum atomic E-state index is 0.118. The van der Waals surface area contributed by atoms with Gasteiger partial charge in [-0.05, 0) is 18.6 Å². The van der Waals surface area contributed by atoms with Crippen LogP contribution >= 0.6 is 0 Å². The first-order chi connectivity index (χ1) is 9.33. The Morgan fingerprint density at radius 3 is 2.74 bits per heavy atom. The molecule has 0 aliphatic carbocycles. The number of aliphatic hydroxyl groups is 1. The zero-order chi connectivity index (χ0) is 13.5. The van der Waals surface area contributed by atoms with Crippen molar-refractivity contribution in [3.63, 3.8) is 0 Å². The standard InChI is InChI=1S/C14H20N4O/c1-2-13(11-19)18(10-14-16-7-8-17-14)9-12-5-3-4-6-15-12/h3-8,13,19H,2,9-11H2,1H3,(H,16,17)/t13-/m1/s1. The predicted molar refractivity (Wildman–Crippen MR) is 73.2 cm³/mol. The van der Waals surface area contributed by atoms with E-state index in [1.807, 2.05) is 24.4 Å². The van der Waals surface area contributed by atoms with Gasteiger partial charge in [-0.15, -0.1) is 0 Å². The average molecular weight is 260 g/mol. The van der Waals surface area contributed by atoms with E-state index < -0.39 is 0 Å². The first kappa shape index (κ1) is 13.7. The number of aromatic nitrogens is 3. The Balaban J connectivity index is 2.09. The second-order valence-corrected chi connectivity index (χ2v) is 4.51. The number of pyridine rings is 1. The van der Waals surface area contributed by atoms with Gasteiger partial charge in [0.15, 0.2) is 0 Å². The van der Waals surface area contributed by atoms with E-state index in [0.29, 0.717) is 13.1 Å². The van der Waals surface area contributed by atoms with Gasteiger partial charge < -0.3 is 10.1 Å². The van der Waals surface area contributed by atoms with E-state index in [-0.39, 0.29) is 12.6 Å². The van der Waals surface area contributed by atoms with Crippen molar-refractivity contribution < 1.29 is 5.11 Å². The quantitative estimate of drug-likeness (QED) is 0.793. The molecule has 2 rings (SSSR count). The van der Waals surface area contributed by atoms with Crippen LogP contribution < -0.4 is 0 Å². The number of hydrogen-bond donors (Lipinski definition) is 2. The van der Waals surface area contributed by atoms with Gasteiger partial charge >= 0.3 is 0 Å². The van der Waals surface area contributed by atoms with Crippen LogP contribution in [0.1, 0.15) is 24.9 Å². The number of H-pyrrole nitrogens is 1. The molecule has 0 bridgehead atoms. The molecule has 0 spiro atoms. The van der Waals surface area contributed by atoms with E-state index in [9.17, 15) is 5.11 Å². The zero-order valence-corrected chi connectivity index (χ0v) is 11.2. The lowest BCUT2D eigenvalue weighted by Gasteiger charge is -2.28. The van der Waals surface area contributed by atoms with E-state index in [2.05, 4.69) is 26.8 Å². The highest BCUT2D eigenvalue weighted by atomic mass is 16.3. The van der Waals surface area contributed by atoms with Gasteiger partial charge in [0.2, 0.25) is 0 Å². The maximum absolute atomic E-state index is 9.51. The highest BCUT2D eigenvalue weighted by Crippen LogP contribution is 2.12. The SMILES string of the molecule is CC[C@H](CO)N(Cc1ccccn1)Cc1ncc[nH]1. The highest BCUT2D eigenvalue weighted by Gasteiger charge is 2.18. The molecule has 0 fully saturated rings. The fourth-order valence-electron chi connectivity index (χ4n) is 2.09. The van der Waals surface area contributed by atoms with Crippen LogP contribution in [0.4, 0.5) is 0 Å². The van der Waals surface area contributed by atoms with E-state index in [4.69, 9.17) is 0 Å². The van der Waals surface area contributed by atoms with Crippen molar-refractivity contribution in [2.45, 2.75) is 32.5 Å². The Bertz CT molecular complexity index is 454. The van der Waals surface area contributed by atoms with Crippen LogP contribution in [0, 0.1) is 0 Å². The Hall–Kier alpha value is -1.72. The zero-order valence-electron chi connectivity index (χ0n) is 11.2. The molecule has 5 heteroatoms. The Kier molecular flexibility index (Phi) is 5.06. The molecule has 2 N–H and O–H groups in total. The summed E-state index contributed by atoms with van der Waals surface area (Å²) >= 11 is 0. The summed E-state index contributed by atoms with van der Waals surface area (Å²) in [5.41, 5.74) is 1.00. The average Bonchev–Trinajstić information content (AvgIpc) is 2.94. The van der Waals surface area contributed by atoms with E-state index >= 15 is 0 Å². The van der Waals surface area contributed by atoms with E-state index in [0.717, 1.165) is 17.9 Å². The molecule has 0 aliphatic rings. The molecule has 5 nitrogen and oxygen atoms in total. The first-order valence-electron chi connectivity index (χ1n) is 6.56. The maximum atomic E-state index is 9.51. The predicted octanol–water partition coefficient (Wildman–Crippen LogP) is 1.58. The van der Waals surface area contributed by atoms with Gasteiger partial charge in [0, 0.05) is 31.2 Å². The molecule has 0 amide bonds. The molecule has 2 aromatic rings. The van der Waals surface area contributed by atoms with Crippen molar-refractivity contribution >= 4 is 0 Å². The van der Waals surface area contributed by atoms with Gasteiger partial charge in [-0.2, -0.15) is 0 Å². The summed E-state index contributed by atoms with van der Waals surface area (Å²) in [5, 5.41) is 9.51. The summed E-state index contributed by atoms with van der Waals surface area (Å²) in [7, 11) is 0. The smallest absolute Gasteiger partial charge is 0.120 e. The number of nitrogens with zero attached hydrogens (tertiary/aromatic N) is 3. The van der Waals surface area contributed by atoms with Crippen LogP contribution in [0.3, 0.4) is 0 Å². The van der Waals surface area contributed by atoms with Crippen molar-refractivity contribution in [3.8, 4) is 0 Å². The van der Waals surface area contributed by atoms with E-state index in [1.54, 1.807) is 12.4 Å². The molecule has 0 radical (unpaired) electrons. The molecule has 0 saturated heterocycles. The molecule has 0 saturated carbocycles. The van der Waals surface area contributed by atoms with Crippen molar-refractivity contribution in [1.29, 1.82) is 0 Å². The lowest BCUT2D eigenvalue weighted by molar-refractivity contribution is 0.103. The number of rotatable bonds is 7. The molecule has 0 unspecified atom stereocenters. The van der Waals surface area contributed by atoms with Gasteiger partial charge in [0.05, 0.1) is 18.8 Å². The lowest BCUT2D eigenvalue weighted by Crippen LogP contribution is -2.37. The molecule has 2 aromatic heterocycles. The van der Waals surface area contributed by atoms with Crippen molar-refractivity contribution in [2.24, 2.45) is 0 Å². The van der Waals surface area contributed by atoms with Crippen molar-refractivity contribution in [3.05, 3.63) is 48.3 Å². The lowest BCUT2D eigenvalue weighted by atomic mass is 10.2. The molecule has 1 atom stereocenters. The number of nitrogens with one attached hydrogen (secondary N) is 1. The van der Waals surface area contributed by atoms with Crippen molar-refractivity contribution in [2.75, 3.05) is 6.61 Å². The summed E-state index contributed by atoms with van der Waals surface area (Å²) in [6.45, 7) is 3.61. The van der Waals surface area contributed by atoms with Crippen LogP contribution in [-0.4, -0.2) is 37.6 Å². The molecule has 102 valence electrons. The molecule has 0 aliphatic heterocycles. The van der Waals surface area contributed by atoms with E-state index in [1.165, 1.54) is 0 Å². The number of hydrogen-bond acceptors (Lipinski definition) is 4. The molecule has 0 aromatic carbocycles. The van der Waals surface area contributed by atoms with Gasteiger partial charge in [0.25, 0.3) is 0 Å². The Morgan fingerprint density at radius 1 is 1.26 bits per heavy atom. The third kappa shape index (κ3) is 3.87. The maximum Gasteiger partial charge on any atom is 0.120 e. The minimum Gasteiger partial charge on any atom is -0.395 e. The molecule has 19 heavy (non-hydrogen) atoms. The summed E-state index contributed by atoms with van der Waals surface area (Å²) in [6, 6.07) is 6.00. The topological polar surface area (TPSA) is 65.0 Å². The van der Waals surface area contributed by atoms with Gasteiger partial charge in [-0.25, -0.2) is 4.98 Å². The summed E-state index contributed by atoms with van der Waals surface area (Å²) in [5.74, 6) is 0.905. The Morgan fingerprint density at radius 2 is 2.16 bits per heavy atom. The normalized spacial score (nSPS) is 12.8. The second-order valence-electron chi connectivity index (χ2n) is 4.51. The van der Waals surface area contributed by atoms with Crippen LogP contribution in [0.25, 0.3) is 0 Å². The third-order valence-corrected chi connectivity index (χ3v) is 3.20. The third-order valence-electron chi connectivity index (χ3n) is 3.20. The molecular formula is C14H20N4O. The van der Waals surface area contributed by atoms with Crippen LogP contribution in [0.15, 0.2) is 36.8 Å². The number of aromatic amines is 1. The van der Waals surface area contributed by atoms with Crippen LogP contribution in [0.2, 0.25) is 0 Å². The van der Waals surface area contributed by atoms with Gasteiger partial charge in [-0.3, -0.25) is 9.88 Å². The summed E-state index contributed by atoms with van der Waals surface area (Å²) < 4.78 is 0. The van der Waals surface area contributed by atoms with Crippen LogP contribution in [-0.2, 0) is 13.1 Å².